The minimum Gasteiger partial charge on any atom is -0.313 e. The molecule has 18 heavy (non-hydrogen) atoms. The number of nitrogens with one attached hydrogen (secondary N) is 1. The van der Waals surface area contributed by atoms with Gasteiger partial charge in [-0.05, 0) is 17.7 Å². The molecule has 1 saturated heterocycles. The Morgan fingerprint density at radius 1 is 1.33 bits per heavy atom. The van der Waals surface area contributed by atoms with Crippen molar-refractivity contribution in [1.29, 1.82) is 0 Å². The molecule has 4 nitrogen and oxygen atoms in total. The minimum absolute atomic E-state index is 0. The third-order valence-corrected chi connectivity index (χ3v) is 4.85. The summed E-state index contributed by atoms with van der Waals surface area (Å²) < 4.78 is 38.1. The van der Waals surface area contributed by atoms with E-state index < -0.39 is 10.0 Å². The first-order valence-electron chi connectivity index (χ1n) is 5.40. The molecule has 0 amide bonds. The van der Waals surface area contributed by atoms with Crippen molar-refractivity contribution < 1.29 is 12.8 Å². The zero-order chi connectivity index (χ0) is 12.5. The van der Waals surface area contributed by atoms with Crippen LogP contribution in [0.15, 0.2) is 24.3 Å². The number of hydrogen-bond donors (Lipinski definition) is 1. The summed E-state index contributed by atoms with van der Waals surface area (Å²) >= 11 is 0. The lowest BCUT2D eigenvalue weighted by Gasteiger charge is -2.34. The molecule has 0 aromatic heterocycles. The van der Waals surface area contributed by atoms with Crippen LogP contribution >= 0.6 is 12.4 Å². The second-order valence-corrected chi connectivity index (χ2v) is 6.24. The Bertz CT molecular complexity index is 488. The minimum atomic E-state index is -3.32. The van der Waals surface area contributed by atoms with E-state index in [1.54, 1.807) is 7.05 Å². The fraction of sp³-hybridized carbons (Fsp3) is 0.455. The van der Waals surface area contributed by atoms with Gasteiger partial charge in [0.2, 0.25) is 10.0 Å². The molecule has 1 N–H and O–H groups in total. The van der Waals surface area contributed by atoms with Gasteiger partial charge >= 0.3 is 0 Å². The number of rotatable bonds is 4. The summed E-state index contributed by atoms with van der Waals surface area (Å²) in [6.45, 7) is 1.39. The highest BCUT2D eigenvalue weighted by Gasteiger charge is 2.30. The molecule has 0 spiro atoms. The number of sulfonamides is 1. The average molecular weight is 295 g/mol. The molecular weight excluding hydrogens is 279 g/mol. The van der Waals surface area contributed by atoms with Crippen LogP contribution in [0.1, 0.15) is 5.56 Å². The lowest BCUT2D eigenvalue weighted by atomic mass is 10.2. The zero-order valence-corrected chi connectivity index (χ0v) is 11.6. The van der Waals surface area contributed by atoms with Crippen molar-refractivity contribution in [2.75, 3.05) is 20.1 Å². The van der Waals surface area contributed by atoms with Crippen LogP contribution in [-0.2, 0) is 15.8 Å². The van der Waals surface area contributed by atoms with Gasteiger partial charge in [0.05, 0.1) is 5.75 Å². The highest BCUT2D eigenvalue weighted by Crippen LogP contribution is 2.14. The Kier molecular flexibility index (Phi) is 5.10. The molecule has 1 heterocycles. The zero-order valence-electron chi connectivity index (χ0n) is 9.97. The van der Waals surface area contributed by atoms with E-state index in [-0.39, 0.29) is 30.0 Å². The molecule has 0 atom stereocenters. The van der Waals surface area contributed by atoms with Crippen LogP contribution in [0.5, 0.6) is 0 Å². The Morgan fingerprint density at radius 3 is 2.33 bits per heavy atom. The standard InChI is InChI=1S/C11H15FN2O2S.ClH/c1-14(11-6-13-7-11)17(15,16)8-9-2-4-10(12)5-3-9;/h2-5,11,13H,6-8H2,1H3;1H. The lowest BCUT2D eigenvalue weighted by Crippen LogP contribution is -2.57. The molecule has 2 rings (SSSR count). The predicted molar refractivity (Wildman–Crippen MR) is 70.7 cm³/mol. The molecule has 1 fully saturated rings. The van der Waals surface area contributed by atoms with Gasteiger partial charge in [-0.2, -0.15) is 4.31 Å². The maximum Gasteiger partial charge on any atom is 0.218 e. The molecule has 1 aliphatic heterocycles. The Labute approximate surface area is 113 Å². The van der Waals surface area contributed by atoms with Gasteiger partial charge < -0.3 is 5.32 Å². The number of nitrogens with zero attached hydrogens (tertiary/aromatic N) is 1. The van der Waals surface area contributed by atoms with Crippen LogP contribution < -0.4 is 5.32 Å². The molecule has 1 aliphatic rings. The second kappa shape index (κ2) is 5.97. The molecule has 0 radical (unpaired) electrons. The molecule has 0 unspecified atom stereocenters. The molecule has 0 bridgehead atoms. The quantitative estimate of drug-likeness (QED) is 0.901. The third-order valence-electron chi connectivity index (χ3n) is 2.98. The molecular formula is C11H16ClFN2O2S. The maximum atomic E-state index is 12.7. The van der Waals surface area contributed by atoms with E-state index in [9.17, 15) is 12.8 Å². The first-order valence-corrected chi connectivity index (χ1v) is 7.01. The summed E-state index contributed by atoms with van der Waals surface area (Å²) in [6.07, 6.45) is 0. The third kappa shape index (κ3) is 3.41. The molecule has 1 aromatic carbocycles. The highest BCUT2D eigenvalue weighted by atomic mass is 35.5. The van der Waals surface area contributed by atoms with Gasteiger partial charge in [0.1, 0.15) is 5.82 Å². The van der Waals surface area contributed by atoms with Crippen molar-refractivity contribution in [3.63, 3.8) is 0 Å². The first kappa shape index (κ1) is 15.4. The van der Waals surface area contributed by atoms with Crippen LogP contribution in [0.4, 0.5) is 4.39 Å². The molecule has 1 aromatic rings. The highest BCUT2D eigenvalue weighted by molar-refractivity contribution is 7.88. The van der Waals surface area contributed by atoms with Gasteiger partial charge in [0.25, 0.3) is 0 Å². The van der Waals surface area contributed by atoms with Gasteiger partial charge in [-0.1, -0.05) is 12.1 Å². The smallest absolute Gasteiger partial charge is 0.218 e. The van der Waals surface area contributed by atoms with Crippen molar-refractivity contribution in [1.82, 2.24) is 9.62 Å². The average Bonchev–Trinajstić information content (AvgIpc) is 2.18. The maximum absolute atomic E-state index is 12.7. The van der Waals surface area contributed by atoms with Crippen molar-refractivity contribution in [2.45, 2.75) is 11.8 Å². The second-order valence-electron chi connectivity index (χ2n) is 4.21. The van der Waals surface area contributed by atoms with Crippen LogP contribution in [0.3, 0.4) is 0 Å². The summed E-state index contributed by atoms with van der Waals surface area (Å²) in [6, 6.07) is 5.59. The summed E-state index contributed by atoms with van der Waals surface area (Å²) in [5.41, 5.74) is 0.602. The van der Waals surface area contributed by atoms with Crippen molar-refractivity contribution in [2.24, 2.45) is 0 Å². The van der Waals surface area contributed by atoms with E-state index in [4.69, 9.17) is 0 Å². The van der Waals surface area contributed by atoms with E-state index >= 15 is 0 Å². The largest absolute Gasteiger partial charge is 0.313 e. The van der Waals surface area contributed by atoms with E-state index in [1.165, 1.54) is 28.6 Å². The lowest BCUT2D eigenvalue weighted by molar-refractivity contribution is 0.274. The number of halogens is 2. The fourth-order valence-corrected chi connectivity index (χ4v) is 3.07. The summed E-state index contributed by atoms with van der Waals surface area (Å²) in [5, 5.41) is 3.03. The van der Waals surface area contributed by atoms with Crippen LogP contribution in [0, 0.1) is 5.82 Å². The molecule has 0 saturated carbocycles. The van der Waals surface area contributed by atoms with E-state index in [0.717, 1.165) is 0 Å². The first-order chi connectivity index (χ1) is 7.99. The summed E-state index contributed by atoms with van der Waals surface area (Å²) in [7, 11) is -1.73. The van der Waals surface area contributed by atoms with Gasteiger partial charge in [0, 0.05) is 26.2 Å². The summed E-state index contributed by atoms with van der Waals surface area (Å²) in [4.78, 5) is 0. The Morgan fingerprint density at radius 2 is 1.89 bits per heavy atom. The Balaban J connectivity index is 0.00000162. The molecule has 102 valence electrons. The summed E-state index contributed by atoms with van der Waals surface area (Å²) in [5.74, 6) is -0.442. The van der Waals surface area contributed by atoms with Crippen LogP contribution in [0.2, 0.25) is 0 Å². The van der Waals surface area contributed by atoms with Crippen molar-refractivity contribution >= 4 is 22.4 Å². The number of hydrogen-bond acceptors (Lipinski definition) is 3. The molecule has 7 heteroatoms. The van der Waals surface area contributed by atoms with Crippen molar-refractivity contribution in [3.8, 4) is 0 Å². The van der Waals surface area contributed by atoms with Gasteiger partial charge in [0.15, 0.2) is 0 Å². The van der Waals surface area contributed by atoms with Crippen molar-refractivity contribution in [3.05, 3.63) is 35.6 Å². The van der Waals surface area contributed by atoms with Crippen LogP contribution in [-0.4, -0.2) is 38.9 Å². The Hall–Kier alpha value is -0.690. The van der Waals surface area contributed by atoms with E-state index in [1.807, 2.05) is 0 Å². The van der Waals surface area contributed by atoms with Gasteiger partial charge in [-0.3, -0.25) is 0 Å². The van der Waals surface area contributed by atoms with E-state index in [0.29, 0.717) is 18.7 Å². The van der Waals surface area contributed by atoms with Gasteiger partial charge in [-0.15, -0.1) is 12.4 Å². The fourth-order valence-electron chi connectivity index (χ4n) is 1.65. The SMILES string of the molecule is CN(C1CNC1)S(=O)(=O)Cc1ccc(F)cc1.Cl. The monoisotopic (exact) mass is 294 g/mol. The predicted octanol–water partition coefficient (Wildman–Crippen LogP) is 0.981. The number of benzene rings is 1. The van der Waals surface area contributed by atoms with Crippen LogP contribution in [0.25, 0.3) is 0 Å². The van der Waals surface area contributed by atoms with E-state index in [2.05, 4.69) is 5.32 Å². The normalized spacial score (nSPS) is 16.2. The molecule has 0 aliphatic carbocycles. The topological polar surface area (TPSA) is 49.4 Å². The van der Waals surface area contributed by atoms with Gasteiger partial charge in [-0.25, -0.2) is 12.8 Å². The number of likely N-dealkylation sites (N-methyl/N-ethyl adjacent to an activating group) is 1.